The molecule has 0 bridgehead atoms. The van der Waals surface area contributed by atoms with E-state index in [2.05, 4.69) is 119 Å². The Morgan fingerprint density at radius 1 is 0.314 bits per heavy atom. The van der Waals surface area contributed by atoms with E-state index in [0.29, 0.717) is 94.6 Å². The predicted molar refractivity (Wildman–Crippen MR) is 487 cm³/mol. The fourth-order valence-electron chi connectivity index (χ4n) is 13.3. The maximum atomic E-state index is 13.1. The van der Waals surface area contributed by atoms with E-state index in [1.807, 2.05) is 41.5 Å². The second-order valence-corrected chi connectivity index (χ2v) is 33.7. The number of aromatic hydroxyl groups is 5. The van der Waals surface area contributed by atoms with Crippen molar-refractivity contribution in [2.24, 2.45) is 17.8 Å². The van der Waals surface area contributed by atoms with E-state index in [1.165, 1.54) is 30.3 Å². The van der Waals surface area contributed by atoms with E-state index in [4.69, 9.17) is 116 Å². The molecule has 0 saturated carbocycles. The van der Waals surface area contributed by atoms with E-state index in [-0.39, 0.29) is 179 Å². The number of benzene rings is 5. The van der Waals surface area contributed by atoms with Crippen LogP contribution >= 0.6 is 116 Å². The molecule has 7 N–H and O–H groups in total. The topological polar surface area (TPSA) is 309 Å². The second-order valence-electron chi connectivity index (χ2n) is 29.6. The first-order valence-electron chi connectivity index (χ1n) is 40.0. The Morgan fingerprint density at radius 3 is 0.754 bits per heavy atom. The van der Waals surface area contributed by atoms with Crippen molar-refractivity contribution in [1.29, 1.82) is 0 Å². The number of nitrogens with one attached hydrogen (secondary N) is 2. The molecular weight excluding hydrogens is 1720 g/mol. The van der Waals surface area contributed by atoms with Gasteiger partial charge in [0.25, 0.3) is 27.8 Å². The monoisotopic (exact) mass is 1830 g/mol. The number of nitrogens with zero attached hydrogens (tertiary/aromatic N) is 13. The van der Waals surface area contributed by atoms with Gasteiger partial charge in [-0.2, -0.15) is 0 Å². The average molecular weight is 1830 g/mol. The van der Waals surface area contributed by atoms with E-state index in [1.54, 1.807) is 22.8 Å². The summed E-state index contributed by atoms with van der Waals surface area (Å²) in [4.78, 5) is 93.6. The molecule has 0 radical (unpaired) electrons. The van der Waals surface area contributed by atoms with Gasteiger partial charge in [0.15, 0.2) is 28.7 Å². The minimum absolute atomic E-state index is 0.0844. The normalized spacial score (nSPS) is 11.6. The van der Waals surface area contributed by atoms with Crippen LogP contribution in [0.1, 0.15) is 178 Å². The van der Waals surface area contributed by atoms with Gasteiger partial charge in [-0.1, -0.05) is 213 Å². The molecule has 0 aliphatic carbocycles. The van der Waals surface area contributed by atoms with Gasteiger partial charge in [0.1, 0.15) is 56.7 Å². The lowest BCUT2D eigenvalue weighted by molar-refractivity contribution is 0.253. The van der Waals surface area contributed by atoms with Crippen LogP contribution < -0.4 is 38.4 Å². The number of rotatable bonds is 32. The highest BCUT2D eigenvalue weighted by atomic mass is 35.5. The molecular formula is C83H111Cl10N15O10. The summed E-state index contributed by atoms with van der Waals surface area (Å²) >= 11 is 60.7. The molecule has 0 aliphatic rings. The third kappa shape index (κ3) is 24.9. The van der Waals surface area contributed by atoms with Crippen LogP contribution in [-0.4, -0.2) is 140 Å². The molecule has 118 heavy (non-hydrogen) atoms. The quantitative estimate of drug-likeness (QED) is 0.0193. The Kier molecular flexibility index (Phi) is 40.1. The summed E-state index contributed by atoms with van der Waals surface area (Å²) in [5.74, 6) is 2.78. The van der Waals surface area contributed by atoms with Gasteiger partial charge in [0, 0.05) is 32.7 Å². The lowest BCUT2D eigenvalue weighted by Gasteiger charge is -2.23. The summed E-state index contributed by atoms with van der Waals surface area (Å²) in [5.41, 5.74) is -0.433. The highest BCUT2D eigenvalue weighted by Gasteiger charge is 2.26. The van der Waals surface area contributed by atoms with Crippen LogP contribution in [0.15, 0.2) is 54.3 Å². The summed E-state index contributed by atoms with van der Waals surface area (Å²) in [7, 11) is 0. The lowest BCUT2D eigenvalue weighted by atomic mass is 10.2. The molecule has 35 heteroatoms. The summed E-state index contributed by atoms with van der Waals surface area (Å²) in [6.45, 7) is 44.8. The molecule has 0 unspecified atom stereocenters. The Labute approximate surface area is 738 Å². The van der Waals surface area contributed by atoms with Gasteiger partial charge in [-0.25, -0.2) is 24.9 Å². The minimum Gasteiger partial charge on any atom is -0.504 e. The predicted octanol–water partition coefficient (Wildman–Crippen LogP) is 19.1. The first-order valence-corrected chi connectivity index (χ1v) is 43.8. The van der Waals surface area contributed by atoms with Gasteiger partial charge in [-0.15, -0.1) is 0 Å². The van der Waals surface area contributed by atoms with Crippen LogP contribution in [0.3, 0.4) is 0 Å². The first kappa shape index (κ1) is 100. The van der Waals surface area contributed by atoms with Crippen LogP contribution in [0, 0.1) is 17.8 Å². The summed E-state index contributed by atoms with van der Waals surface area (Å²) in [6.07, 6.45) is 6.03. The largest absolute Gasteiger partial charge is 0.504 e. The maximum absolute atomic E-state index is 13.1. The molecule has 25 nitrogen and oxygen atoms in total. The Hall–Kier alpha value is -6.50. The van der Waals surface area contributed by atoms with Crippen molar-refractivity contribution in [2.75, 3.05) is 52.4 Å². The van der Waals surface area contributed by atoms with Crippen LogP contribution in [0.5, 0.6) is 28.7 Å². The van der Waals surface area contributed by atoms with E-state index >= 15 is 0 Å². The molecule has 10 aromatic rings. The van der Waals surface area contributed by atoms with Crippen molar-refractivity contribution in [3.8, 4) is 28.7 Å². The van der Waals surface area contributed by atoms with Crippen molar-refractivity contribution in [1.82, 2.24) is 73.1 Å². The summed E-state index contributed by atoms with van der Waals surface area (Å²) < 4.78 is 8.12. The number of fused-ring (bicyclic) bond motifs is 5. The SMILES string of the molecule is CCCN(CCC)Cc1nc2c(O)c(Cl)cc(Cl)c2c(=O)n1CC.CCCN(CCC)Cc1nc2c(O)c(Cl)cc(Cl)c2c(=O)n1CC(C)C.CCCNCc1nc2c(O)c(Cl)cc(Cl)c2c(=O)n1CC.CCCNCc1nc2c(O)c(Cl)cc(Cl)c2c(=O)n1CC(C)C.CCN(CC)Cc1nc2c(O)c(Cl)cc(Cl)c2c(=O)n1CC(C)C. The zero-order chi connectivity index (χ0) is 88.0. The lowest BCUT2D eigenvalue weighted by Crippen LogP contribution is -2.33. The molecule has 0 atom stereocenters. The standard InChI is InChI=1S/C19H27Cl2N3O2.2C17H23Cl2N3O2.C16H21Cl2N3O2.C14H17Cl2N3O2/c1-5-7-23(8-6-2)11-15-22-17-16(13(20)9-14(21)18(17)25)19(26)24(15)10-12(3)4;1-5-21(6-2)9-13-20-15-14(11(18)7-12(19)16(15)23)17(24)22(13)8-10(3)4;1-4-7-21(8-5-2)10-13-20-15-14(17(24)22(13)6-3)11(18)9-12(19)16(15)23;1-4-5-19-7-12-20-14-13(10(17)6-11(18)15(14)22)16(23)21(12)8-9(2)3;1-3-5-17-7-10-18-12-11(14(21)19(10)4-2)8(15)6-9(16)13(12)20/h9,12,25H,5-8,10-11H2,1-4H3;7,10,23H,5-6,8-9H2,1-4H3;9,23H,4-8,10H2,1-3H3;6,9,19,22H,4-5,7-8H2,1-3H3;6,17,20H,3-5,7H2,1-2H3. The van der Waals surface area contributed by atoms with Gasteiger partial charge >= 0.3 is 0 Å². The summed E-state index contributed by atoms with van der Waals surface area (Å²) in [5, 5.41) is 59.9. The zero-order valence-corrected chi connectivity index (χ0v) is 77.5. The molecule has 0 saturated heterocycles. The van der Waals surface area contributed by atoms with E-state index < -0.39 is 0 Å². The van der Waals surface area contributed by atoms with Gasteiger partial charge in [0.2, 0.25) is 0 Å². The van der Waals surface area contributed by atoms with Crippen LogP contribution in [-0.2, 0) is 65.4 Å². The van der Waals surface area contributed by atoms with Gasteiger partial charge in [-0.05, 0) is 153 Å². The highest BCUT2D eigenvalue weighted by Crippen LogP contribution is 2.40. The molecule has 0 aliphatic heterocycles. The number of hydrogen-bond donors (Lipinski definition) is 7. The molecule has 0 spiro atoms. The minimum atomic E-state index is -0.271. The van der Waals surface area contributed by atoms with Crippen molar-refractivity contribution >= 4 is 171 Å². The molecule has 0 amide bonds. The van der Waals surface area contributed by atoms with Crippen molar-refractivity contribution < 1.29 is 25.5 Å². The van der Waals surface area contributed by atoms with Crippen LogP contribution in [0.2, 0.25) is 50.2 Å². The number of aromatic nitrogens is 10. The van der Waals surface area contributed by atoms with Crippen molar-refractivity contribution in [3.05, 3.63) is 161 Å². The third-order valence-corrected chi connectivity index (χ3v) is 21.7. The molecule has 10 rings (SSSR count). The number of halogens is 10. The van der Waals surface area contributed by atoms with Crippen molar-refractivity contribution in [3.63, 3.8) is 0 Å². The number of phenols is 5. The molecule has 5 aromatic heterocycles. The number of hydrogen-bond acceptors (Lipinski definition) is 20. The molecule has 5 aromatic carbocycles. The van der Waals surface area contributed by atoms with Gasteiger partial charge in [0.05, 0.1) is 110 Å². The van der Waals surface area contributed by atoms with Crippen LogP contribution in [0.25, 0.3) is 54.5 Å². The van der Waals surface area contributed by atoms with E-state index in [9.17, 15) is 49.5 Å². The summed E-state index contributed by atoms with van der Waals surface area (Å²) in [6, 6.07) is 6.89. The molecule has 5 heterocycles. The van der Waals surface area contributed by atoms with Crippen molar-refractivity contribution in [2.45, 2.75) is 215 Å². The second kappa shape index (κ2) is 47.2. The zero-order valence-electron chi connectivity index (χ0n) is 70.0. The van der Waals surface area contributed by atoms with E-state index in [0.717, 1.165) is 90.9 Å². The first-order chi connectivity index (χ1) is 55.9. The Balaban J connectivity index is 0.000000229. The van der Waals surface area contributed by atoms with Gasteiger partial charge < -0.3 is 36.2 Å². The third-order valence-electron chi connectivity index (χ3n) is 18.8. The molecule has 0 fully saturated rings. The number of phenolic OH excluding ortho intramolecular Hbond substituents is 5. The maximum Gasteiger partial charge on any atom is 0.263 e. The fourth-order valence-corrected chi connectivity index (χ4v) is 16.0. The highest BCUT2D eigenvalue weighted by molar-refractivity contribution is 6.42. The fraction of sp³-hybridized carbons (Fsp3) is 0.518. The van der Waals surface area contributed by atoms with Crippen LogP contribution in [0.4, 0.5) is 0 Å². The Bertz CT molecular complexity index is 5450. The van der Waals surface area contributed by atoms with Gasteiger partial charge in [-0.3, -0.25) is 61.5 Å². The Morgan fingerprint density at radius 2 is 0.525 bits per heavy atom. The molecule has 648 valence electrons. The average Bonchev–Trinajstić information content (AvgIpc) is 0.790. The smallest absolute Gasteiger partial charge is 0.263 e.